The van der Waals surface area contributed by atoms with E-state index in [0.29, 0.717) is 26.2 Å². The summed E-state index contributed by atoms with van der Waals surface area (Å²) in [5, 5.41) is 2.83. The second-order valence-electron chi connectivity index (χ2n) is 3.75. The van der Waals surface area contributed by atoms with E-state index in [2.05, 4.69) is 5.32 Å². The molecule has 3 N–H and O–H groups in total. The Hall–Kier alpha value is -1.39. The van der Waals surface area contributed by atoms with Crippen molar-refractivity contribution < 1.29 is 9.53 Å². The SMILES string of the molecule is CCOCCCC(=O)Nc1ccc(CN)cc1. The van der Waals surface area contributed by atoms with Gasteiger partial charge in [-0.2, -0.15) is 0 Å². The smallest absolute Gasteiger partial charge is 0.224 e. The van der Waals surface area contributed by atoms with Crippen molar-refractivity contribution >= 4 is 11.6 Å². The molecule has 0 saturated heterocycles. The van der Waals surface area contributed by atoms with E-state index in [1.54, 1.807) is 0 Å². The van der Waals surface area contributed by atoms with Crippen LogP contribution in [0.1, 0.15) is 25.3 Å². The van der Waals surface area contributed by atoms with Crippen molar-refractivity contribution in [2.24, 2.45) is 5.73 Å². The summed E-state index contributed by atoms with van der Waals surface area (Å²) >= 11 is 0. The number of nitrogens with two attached hydrogens (primary N) is 1. The Morgan fingerprint density at radius 2 is 2.06 bits per heavy atom. The van der Waals surface area contributed by atoms with Crippen molar-refractivity contribution in [3.8, 4) is 0 Å². The summed E-state index contributed by atoms with van der Waals surface area (Å²) < 4.78 is 5.17. The summed E-state index contributed by atoms with van der Waals surface area (Å²) in [5.74, 6) is 0.0187. The van der Waals surface area contributed by atoms with Crippen molar-refractivity contribution in [3.05, 3.63) is 29.8 Å². The second kappa shape index (κ2) is 7.81. The number of rotatable bonds is 7. The number of carbonyl (C=O) groups excluding carboxylic acids is 1. The van der Waals surface area contributed by atoms with Crippen LogP contribution in [0.4, 0.5) is 5.69 Å². The molecule has 4 nitrogen and oxygen atoms in total. The zero-order valence-electron chi connectivity index (χ0n) is 10.2. The maximum Gasteiger partial charge on any atom is 0.224 e. The second-order valence-corrected chi connectivity index (χ2v) is 3.75. The van der Waals surface area contributed by atoms with Crippen LogP contribution in [0.3, 0.4) is 0 Å². The minimum atomic E-state index is 0.0187. The summed E-state index contributed by atoms with van der Waals surface area (Å²) in [4.78, 5) is 11.5. The van der Waals surface area contributed by atoms with Gasteiger partial charge in [0.25, 0.3) is 0 Å². The summed E-state index contributed by atoms with van der Waals surface area (Å²) in [5.41, 5.74) is 7.36. The molecule has 94 valence electrons. The lowest BCUT2D eigenvalue weighted by Crippen LogP contribution is -2.12. The number of carbonyl (C=O) groups is 1. The monoisotopic (exact) mass is 236 g/mol. The van der Waals surface area contributed by atoms with Gasteiger partial charge < -0.3 is 15.8 Å². The van der Waals surface area contributed by atoms with Crippen LogP contribution >= 0.6 is 0 Å². The fourth-order valence-corrected chi connectivity index (χ4v) is 1.43. The number of amides is 1. The molecule has 17 heavy (non-hydrogen) atoms. The Labute approximate surface area is 102 Å². The summed E-state index contributed by atoms with van der Waals surface area (Å²) in [6.45, 7) is 3.79. The van der Waals surface area contributed by atoms with Gasteiger partial charge in [-0.15, -0.1) is 0 Å². The van der Waals surface area contributed by atoms with E-state index in [4.69, 9.17) is 10.5 Å². The topological polar surface area (TPSA) is 64.3 Å². The van der Waals surface area contributed by atoms with E-state index in [1.807, 2.05) is 31.2 Å². The first kappa shape index (κ1) is 13.7. The van der Waals surface area contributed by atoms with E-state index in [9.17, 15) is 4.79 Å². The largest absolute Gasteiger partial charge is 0.382 e. The predicted molar refractivity (Wildman–Crippen MR) is 68.7 cm³/mol. The first-order valence-corrected chi connectivity index (χ1v) is 5.93. The number of hydrogen-bond acceptors (Lipinski definition) is 3. The van der Waals surface area contributed by atoms with Crippen molar-refractivity contribution in [2.45, 2.75) is 26.3 Å². The molecule has 1 amide bonds. The highest BCUT2D eigenvalue weighted by molar-refractivity contribution is 5.90. The van der Waals surface area contributed by atoms with E-state index >= 15 is 0 Å². The maximum absolute atomic E-state index is 11.5. The molecule has 1 aromatic rings. The fourth-order valence-electron chi connectivity index (χ4n) is 1.43. The number of benzene rings is 1. The van der Waals surface area contributed by atoms with Crippen molar-refractivity contribution in [1.82, 2.24) is 0 Å². The number of hydrogen-bond donors (Lipinski definition) is 2. The van der Waals surface area contributed by atoms with Gasteiger partial charge in [0.2, 0.25) is 5.91 Å². The van der Waals surface area contributed by atoms with Crippen molar-refractivity contribution in [1.29, 1.82) is 0 Å². The zero-order chi connectivity index (χ0) is 12.5. The predicted octanol–water partition coefficient (Wildman–Crippen LogP) is 1.90. The summed E-state index contributed by atoms with van der Waals surface area (Å²) in [6.07, 6.45) is 1.24. The number of nitrogens with one attached hydrogen (secondary N) is 1. The van der Waals surface area contributed by atoms with Crippen LogP contribution in [0.5, 0.6) is 0 Å². The van der Waals surface area contributed by atoms with Crippen molar-refractivity contribution in [3.63, 3.8) is 0 Å². The third kappa shape index (κ3) is 5.47. The lowest BCUT2D eigenvalue weighted by Gasteiger charge is -2.06. The van der Waals surface area contributed by atoms with Gasteiger partial charge in [0.05, 0.1) is 0 Å². The van der Waals surface area contributed by atoms with Crippen LogP contribution < -0.4 is 11.1 Å². The first-order valence-electron chi connectivity index (χ1n) is 5.93. The van der Waals surface area contributed by atoms with Gasteiger partial charge in [0.1, 0.15) is 0 Å². The van der Waals surface area contributed by atoms with Crippen LogP contribution in [0, 0.1) is 0 Å². The van der Waals surface area contributed by atoms with Gasteiger partial charge in [-0.05, 0) is 31.0 Å². The molecule has 0 bridgehead atoms. The van der Waals surface area contributed by atoms with Crippen LogP contribution in [-0.4, -0.2) is 19.1 Å². The Kier molecular flexibility index (Phi) is 6.29. The molecule has 0 unspecified atom stereocenters. The molecule has 0 aliphatic heterocycles. The van der Waals surface area contributed by atoms with E-state index in [-0.39, 0.29) is 5.91 Å². The molecule has 0 spiro atoms. The van der Waals surface area contributed by atoms with Gasteiger partial charge in [0, 0.05) is 31.9 Å². The number of anilines is 1. The van der Waals surface area contributed by atoms with E-state index in [0.717, 1.165) is 17.7 Å². The molecule has 0 atom stereocenters. The highest BCUT2D eigenvalue weighted by Crippen LogP contribution is 2.09. The zero-order valence-corrected chi connectivity index (χ0v) is 10.2. The lowest BCUT2D eigenvalue weighted by atomic mass is 10.2. The van der Waals surface area contributed by atoms with Gasteiger partial charge in [-0.25, -0.2) is 0 Å². The van der Waals surface area contributed by atoms with Crippen molar-refractivity contribution in [2.75, 3.05) is 18.5 Å². The molecule has 0 heterocycles. The normalized spacial score (nSPS) is 10.2. The molecular weight excluding hydrogens is 216 g/mol. The minimum absolute atomic E-state index is 0.0187. The van der Waals surface area contributed by atoms with Crippen LogP contribution in [0.25, 0.3) is 0 Å². The average Bonchev–Trinajstić information content (AvgIpc) is 2.36. The summed E-state index contributed by atoms with van der Waals surface area (Å²) in [7, 11) is 0. The molecule has 0 aromatic heterocycles. The molecule has 4 heteroatoms. The molecule has 1 aromatic carbocycles. The molecule has 1 rings (SSSR count). The number of ether oxygens (including phenoxy) is 1. The van der Waals surface area contributed by atoms with Crippen LogP contribution in [0.2, 0.25) is 0 Å². The Bertz CT molecular complexity index is 336. The summed E-state index contributed by atoms with van der Waals surface area (Å²) in [6, 6.07) is 7.55. The maximum atomic E-state index is 11.5. The third-order valence-electron chi connectivity index (χ3n) is 2.37. The van der Waals surface area contributed by atoms with Gasteiger partial charge >= 0.3 is 0 Å². The fraction of sp³-hybridized carbons (Fsp3) is 0.462. The molecule has 0 aliphatic carbocycles. The first-order chi connectivity index (χ1) is 8.26. The van der Waals surface area contributed by atoms with Crippen LogP contribution in [0.15, 0.2) is 24.3 Å². The highest BCUT2D eigenvalue weighted by atomic mass is 16.5. The Morgan fingerprint density at radius 3 is 2.65 bits per heavy atom. The Morgan fingerprint density at radius 1 is 1.35 bits per heavy atom. The molecule has 0 saturated carbocycles. The molecular formula is C13H20N2O2. The average molecular weight is 236 g/mol. The van der Waals surface area contributed by atoms with Gasteiger partial charge in [-0.1, -0.05) is 12.1 Å². The minimum Gasteiger partial charge on any atom is -0.382 e. The van der Waals surface area contributed by atoms with Gasteiger partial charge in [-0.3, -0.25) is 4.79 Å². The quantitative estimate of drug-likeness (QED) is 0.711. The van der Waals surface area contributed by atoms with E-state index in [1.165, 1.54) is 0 Å². The highest BCUT2D eigenvalue weighted by Gasteiger charge is 2.01. The molecule has 0 aliphatic rings. The molecule has 0 radical (unpaired) electrons. The van der Waals surface area contributed by atoms with E-state index < -0.39 is 0 Å². The third-order valence-corrected chi connectivity index (χ3v) is 2.37. The Balaban J connectivity index is 2.29. The molecule has 0 fully saturated rings. The standard InChI is InChI=1S/C13H20N2O2/c1-2-17-9-3-4-13(16)15-12-7-5-11(10-14)6-8-12/h5-8H,2-4,9-10,14H2,1H3,(H,15,16). The lowest BCUT2D eigenvalue weighted by molar-refractivity contribution is -0.116. The van der Waals surface area contributed by atoms with Gasteiger partial charge in [0.15, 0.2) is 0 Å². The van der Waals surface area contributed by atoms with Crippen LogP contribution in [-0.2, 0) is 16.1 Å².